The predicted molar refractivity (Wildman–Crippen MR) is 133 cm³/mol. The van der Waals surface area contributed by atoms with E-state index < -0.39 is 23.4 Å². The van der Waals surface area contributed by atoms with Crippen LogP contribution in [-0.4, -0.2) is 36.7 Å². The summed E-state index contributed by atoms with van der Waals surface area (Å²) in [5, 5.41) is 15.5. The van der Waals surface area contributed by atoms with Crippen LogP contribution in [0.4, 0.5) is 5.69 Å². The van der Waals surface area contributed by atoms with Crippen LogP contribution in [0.2, 0.25) is 10.0 Å². The number of halogens is 2. The van der Waals surface area contributed by atoms with E-state index in [-0.39, 0.29) is 33.5 Å². The fourth-order valence-electron chi connectivity index (χ4n) is 2.91. The summed E-state index contributed by atoms with van der Waals surface area (Å²) in [6.45, 7) is 1.23. The van der Waals surface area contributed by atoms with Crippen molar-refractivity contribution in [1.82, 2.24) is 5.43 Å². The SMILES string of the molecule is COc1cc(/C=N\NC(=O)COc2ccc(C)cc2[N+](=O)[O-])ccc1OC(=O)c1ccc(Cl)cc1Cl. The fraction of sp³-hybridized carbons (Fsp3) is 0.125. The summed E-state index contributed by atoms with van der Waals surface area (Å²) in [4.78, 5) is 35.0. The van der Waals surface area contributed by atoms with Crippen molar-refractivity contribution in [3.8, 4) is 17.2 Å². The molecule has 1 amide bonds. The van der Waals surface area contributed by atoms with E-state index in [2.05, 4.69) is 10.5 Å². The van der Waals surface area contributed by atoms with E-state index in [9.17, 15) is 19.7 Å². The number of rotatable bonds is 9. The Hall–Kier alpha value is -4.15. The van der Waals surface area contributed by atoms with E-state index in [1.54, 1.807) is 19.1 Å². The molecule has 0 unspecified atom stereocenters. The van der Waals surface area contributed by atoms with Crippen molar-refractivity contribution in [2.24, 2.45) is 5.10 Å². The van der Waals surface area contributed by atoms with Gasteiger partial charge in [-0.1, -0.05) is 29.3 Å². The molecule has 3 aromatic rings. The molecule has 0 spiro atoms. The summed E-state index contributed by atoms with van der Waals surface area (Å²) in [5.41, 5.74) is 3.37. The minimum atomic E-state index is -0.697. The smallest absolute Gasteiger partial charge is 0.345 e. The highest BCUT2D eigenvalue weighted by molar-refractivity contribution is 6.36. The van der Waals surface area contributed by atoms with Gasteiger partial charge in [0.05, 0.1) is 28.8 Å². The summed E-state index contributed by atoms with van der Waals surface area (Å²) >= 11 is 11.9. The maximum atomic E-state index is 12.5. The number of esters is 1. The monoisotopic (exact) mass is 531 g/mol. The van der Waals surface area contributed by atoms with Gasteiger partial charge in [0.2, 0.25) is 0 Å². The van der Waals surface area contributed by atoms with Gasteiger partial charge in [-0.05, 0) is 60.5 Å². The zero-order valence-corrected chi connectivity index (χ0v) is 20.5. The van der Waals surface area contributed by atoms with E-state index in [0.717, 1.165) is 0 Å². The Morgan fingerprint density at radius 3 is 2.50 bits per heavy atom. The summed E-state index contributed by atoms with van der Waals surface area (Å²) in [6, 6.07) is 13.4. The van der Waals surface area contributed by atoms with Crippen molar-refractivity contribution in [1.29, 1.82) is 0 Å². The highest BCUT2D eigenvalue weighted by Gasteiger charge is 2.17. The van der Waals surface area contributed by atoms with Crippen molar-refractivity contribution < 1.29 is 28.7 Å². The number of amides is 1. The minimum Gasteiger partial charge on any atom is -0.493 e. The van der Waals surface area contributed by atoms with Crippen LogP contribution in [0.25, 0.3) is 0 Å². The number of nitro groups is 1. The van der Waals surface area contributed by atoms with Crippen molar-refractivity contribution in [3.63, 3.8) is 0 Å². The van der Waals surface area contributed by atoms with Crippen molar-refractivity contribution in [2.45, 2.75) is 6.92 Å². The number of nitrogens with one attached hydrogen (secondary N) is 1. The number of hydrogen-bond acceptors (Lipinski definition) is 8. The molecule has 0 saturated heterocycles. The fourth-order valence-corrected chi connectivity index (χ4v) is 3.39. The first-order chi connectivity index (χ1) is 17.2. The van der Waals surface area contributed by atoms with Crippen LogP contribution in [-0.2, 0) is 4.79 Å². The van der Waals surface area contributed by atoms with Gasteiger partial charge in [-0.2, -0.15) is 5.10 Å². The second-order valence-corrected chi connectivity index (χ2v) is 8.08. The molecular weight excluding hydrogens is 513 g/mol. The Morgan fingerprint density at radius 1 is 1.06 bits per heavy atom. The van der Waals surface area contributed by atoms with Gasteiger partial charge in [0, 0.05) is 11.1 Å². The molecule has 0 aromatic heterocycles. The Balaban J connectivity index is 1.60. The van der Waals surface area contributed by atoms with Crippen LogP contribution in [0.5, 0.6) is 17.2 Å². The van der Waals surface area contributed by atoms with E-state index in [1.807, 2.05) is 0 Å². The van der Waals surface area contributed by atoms with E-state index in [4.69, 9.17) is 37.4 Å². The lowest BCUT2D eigenvalue weighted by Gasteiger charge is -2.10. The highest BCUT2D eigenvalue weighted by Crippen LogP contribution is 2.30. The number of ether oxygens (including phenoxy) is 3. The molecule has 3 aromatic carbocycles. The second kappa shape index (κ2) is 12.0. The van der Waals surface area contributed by atoms with E-state index in [0.29, 0.717) is 16.1 Å². The van der Waals surface area contributed by atoms with Crippen LogP contribution in [0, 0.1) is 17.0 Å². The molecule has 0 aliphatic heterocycles. The number of hydrogen-bond donors (Lipinski definition) is 1. The Morgan fingerprint density at radius 2 is 1.81 bits per heavy atom. The number of nitro benzene ring substituents is 1. The van der Waals surface area contributed by atoms with Gasteiger partial charge in [0.1, 0.15) is 0 Å². The van der Waals surface area contributed by atoms with Gasteiger partial charge in [-0.15, -0.1) is 0 Å². The lowest BCUT2D eigenvalue weighted by Crippen LogP contribution is -2.24. The Bertz CT molecular complexity index is 1350. The molecule has 12 heteroatoms. The third kappa shape index (κ3) is 6.94. The zero-order valence-electron chi connectivity index (χ0n) is 19.0. The number of carbonyl (C=O) groups excluding carboxylic acids is 2. The molecular formula is C24H19Cl2N3O7. The molecule has 10 nitrogen and oxygen atoms in total. The van der Waals surface area contributed by atoms with Gasteiger partial charge in [0.25, 0.3) is 5.91 Å². The van der Waals surface area contributed by atoms with Crippen molar-refractivity contribution in [2.75, 3.05) is 13.7 Å². The quantitative estimate of drug-likeness (QED) is 0.135. The van der Waals surface area contributed by atoms with Crippen LogP contribution in [0.3, 0.4) is 0 Å². The van der Waals surface area contributed by atoms with Crippen molar-refractivity contribution >= 4 is 47.0 Å². The first kappa shape index (κ1) is 26.5. The normalized spacial score (nSPS) is 10.7. The number of carbonyl (C=O) groups is 2. The molecule has 3 rings (SSSR count). The molecule has 0 aliphatic rings. The summed E-state index contributed by atoms with van der Waals surface area (Å²) < 4.78 is 15.9. The van der Waals surface area contributed by atoms with E-state index in [1.165, 1.54) is 55.8 Å². The third-order valence-electron chi connectivity index (χ3n) is 4.61. The molecule has 0 fully saturated rings. The largest absolute Gasteiger partial charge is 0.493 e. The molecule has 1 N–H and O–H groups in total. The number of nitrogens with zero attached hydrogens (tertiary/aromatic N) is 2. The van der Waals surface area contributed by atoms with Gasteiger partial charge in [-0.3, -0.25) is 14.9 Å². The molecule has 0 heterocycles. The average Bonchev–Trinajstić information content (AvgIpc) is 2.83. The highest BCUT2D eigenvalue weighted by atomic mass is 35.5. The maximum absolute atomic E-state index is 12.5. The molecule has 36 heavy (non-hydrogen) atoms. The predicted octanol–water partition coefficient (Wildman–Crippen LogP) is 4.97. The van der Waals surface area contributed by atoms with Gasteiger partial charge in [-0.25, -0.2) is 10.2 Å². The molecule has 0 atom stereocenters. The second-order valence-electron chi connectivity index (χ2n) is 7.23. The van der Waals surface area contributed by atoms with Crippen LogP contribution >= 0.6 is 23.2 Å². The number of hydrazone groups is 1. The summed E-state index contributed by atoms with van der Waals surface area (Å²) in [7, 11) is 1.40. The topological polar surface area (TPSA) is 129 Å². The molecule has 0 aliphatic carbocycles. The van der Waals surface area contributed by atoms with Crippen LogP contribution in [0.15, 0.2) is 59.7 Å². The van der Waals surface area contributed by atoms with Crippen LogP contribution in [0.1, 0.15) is 21.5 Å². The summed E-state index contributed by atoms with van der Waals surface area (Å²) in [5.74, 6) is -0.975. The maximum Gasteiger partial charge on any atom is 0.345 e. The van der Waals surface area contributed by atoms with E-state index >= 15 is 0 Å². The number of benzene rings is 3. The Labute approximate surface area is 215 Å². The third-order valence-corrected chi connectivity index (χ3v) is 5.16. The lowest BCUT2D eigenvalue weighted by atomic mass is 10.2. The zero-order chi connectivity index (χ0) is 26.2. The first-order valence-corrected chi connectivity index (χ1v) is 11.0. The first-order valence-electron chi connectivity index (χ1n) is 10.2. The molecule has 0 radical (unpaired) electrons. The van der Waals surface area contributed by atoms with Gasteiger partial charge >= 0.3 is 11.7 Å². The Kier molecular flexibility index (Phi) is 8.82. The van der Waals surface area contributed by atoms with Crippen molar-refractivity contribution in [3.05, 3.63) is 91.4 Å². The number of aryl methyl sites for hydroxylation is 1. The molecule has 186 valence electrons. The molecule has 0 bridgehead atoms. The van der Waals surface area contributed by atoms with Gasteiger partial charge in [0.15, 0.2) is 23.9 Å². The number of methoxy groups -OCH3 is 1. The van der Waals surface area contributed by atoms with Crippen LogP contribution < -0.4 is 19.6 Å². The lowest BCUT2D eigenvalue weighted by molar-refractivity contribution is -0.385. The van der Waals surface area contributed by atoms with Gasteiger partial charge < -0.3 is 14.2 Å². The molecule has 0 saturated carbocycles. The summed E-state index contributed by atoms with van der Waals surface area (Å²) in [6.07, 6.45) is 1.33. The average molecular weight is 532 g/mol. The minimum absolute atomic E-state index is 0.0283. The standard InChI is InChI=1S/C24H19Cl2N3O7/c1-14-3-7-20(19(9-14)29(32)33)35-13-23(30)28-27-12-15-4-8-21(22(10-15)34-2)36-24(31)17-6-5-16(25)11-18(17)26/h3-12H,13H2,1-2H3,(H,28,30)/b27-12-.